The van der Waals surface area contributed by atoms with Gasteiger partial charge in [-0.15, -0.1) is 0 Å². The molecule has 0 amide bonds. The van der Waals surface area contributed by atoms with Gasteiger partial charge in [-0.3, -0.25) is 0 Å². The highest BCUT2D eigenvalue weighted by molar-refractivity contribution is 5.01. The van der Waals surface area contributed by atoms with Crippen molar-refractivity contribution in [2.75, 3.05) is 39.4 Å². The first-order chi connectivity index (χ1) is 8.74. The third kappa shape index (κ3) is 4.22. The van der Waals surface area contributed by atoms with Crippen LogP contribution in [0, 0.1) is 5.92 Å². The first-order valence-corrected chi connectivity index (χ1v) is 7.80. The van der Waals surface area contributed by atoms with E-state index in [1.54, 1.807) is 0 Å². The Labute approximate surface area is 112 Å². The van der Waals surface area contributed by atoms with Gasteiger partial charge in [-0.2, -0.15) is 0 Å². The summed E-state index contributed by atoms with van der Waals surface area (Å²) >= 11 is 0. The largest absolute Gasteiger partial charge is 0.381 e. The number of piperazine rings is 1. The molecule has 18 heavy (non-hydrogen) atoms. The Kier molecular flexibility index (Phi) is 5.46. The second-order valence-corrected chi connectivity index (χ2v) is 6.21. The smallest absolute Gasteiger partial charge is 0.0478 e. The van der Waals surface area contributed by atoms with Gasteiger partial charge in [-0.1, -0.05) is 13.3 Å². The molecule has 3 heteroatoms. The summed E-state index contributed by atoms with van der Waals surface area (Å²) in [4.78, 5) is 2.62. The third-order valence-electron chi connectivity index (χ3n) is 4.39. The number of ether oxygens (including phenoxy) is 1. The predicted octanol–water partition coefficient (Wildman–Crippen LogP) is 2.27. The molecule has 1 aliphatic heterocycles. The van der Waals surface area contributed by atoms with E-state index in [0.29, 0.717) is 5.54 Å². The Hall–Kier alpha value is -0.120. The van der Waals surface area contributed by atoms with Crippen LogP contribution >= 0.6 is 0 Å². The SMILES string of the molecule is CCCCOCCCN1CCNC(C)(C2CC2)C1. The van der Waals surface area contributed by atoms with Gasteiger partial charge >= 0.3 is 0 Å². The van der Waals surface area contributed by atoms with Crippen molar-refractivity contribution in [2.45, 2.75) is 51.5 Å². The minimum absolute atomic E-state index is 0.390. The van der Waals surface area contributed by atoms with E-state index >= 15 is 0 Å². The summed E-state index contributed by atoms with van der Waals surface area (Å²) in [6.07, 6.45) is 6.48. The molecule has 0 aromatic heterocycles. The van der Waals surface area contributed by atoms with E-state index in [1.807, 2.05) is 0 Å². The quantitative estimate of drug-likeness (QED) is 0.673. The zero-order valence-electron chi connectivity index (χ0n) is 12.2. The average molecular weight is 254 g/mol. The Morgan fingerprint density at radius 3 is 2.78 bits per heavy atom. The molecule has 0 radical (unpaired) electrons. The normalized spacial score (nSPS) is 29.7. The van der Waals surface area contributed by atoms with Crippen molar-refractivity contribution in [2.24, 2.45) is 5.92 Å². The van der Waals surface area contributed by atoms with Gasteiger partial charge in [0.1, 0.15) is 0 Å². The Bertz CT molecular complexity index is 243. The van der Waals surface area contributed by atoms with Gasteiger partial charge in [0.25, 0.3) is 0 Å². The highest BCUT2D eigenvalue weighted by Crippen LogP contribution is 2.40. The minimum atomic E-state index is 0.390. The second-order valence-electron chi connectivity index (χ2n) is 6.21. The maximum Gasteiger partial charge on any atom is 0.0478 e. The summed E-state index contributed by atoms with van der Waals surface area (Å²) in [5.41, 5.74) is 0.390. The number of hydrogen-bond acceptors (Lipinski definition) is 3. The number of unbranched alkanes of at least 4 members (excludes halogenated alkanes) is 1. The van der Waals surface area contributed by atoms with Crippen molar-refractivity contribution in [1.29, 1.82) is 0 Å². The molecule has 0 bridgehead atoms. The van der Waals surface area contributed by atoms with Crippen molar-refractivity contribution in [3.05, 3.63) is 0 Å². The highest BCUT2D eigenvalue weighted by Gasteiger charge is 2.43. The molecule has 1 saturated carbocycles. The van der Waals surface area contributed by atoms with Crippen LogP contribution in [0.4, 0.5) is 0 Å². The highest BCUT2D eigenvalue weighted by atomic mass is 16.5. The number of rotatable bonds is 8. The summed E-state index contributed by atoms with van der Waals surface area (Å²) in [5, 5.41) is 3.73. The maximum absolute atomic E-state index is 5.63. The lowest BCUT2D eigenvalue weighted by Crippen LogP contribution is -2.60. The standard InChI is InChI=1S/C15H30N2O/c1-3-4-11-18-12-5-9-17-10-8-16-15(2,13-17)14-6-7-14/h14,16H,3-13H2,1-2H3. The van der Waals surface area contributed by atoms with E-state index in [9.17, 15) is 0 Å². The van der Waals surface area contributed by atoms with Gasteiger partial charge in [0.05, 0.1) is 0 Å². The van der Waals surface area contributed by atoms with Crippen molar-refractivity contribution >= 4 is 0 Å². The fourth-order valence-corrected chi connectivity index (χ4v) is 3.02. The first kappa shape index (κ1) is 14.3. The van der Waals surface area contributed by atoms with Gasteiger partial charge in [-0.05, 0) is 38.5 Å². The monoisotopic (exact) mass is 254 g/mol. The lowest BCUT2D eigenvalue weighted by Gasteiger charge is -2.42. The van der Waals surface area contributed by atoms with Gasteiger partial charge in [0.15, 0.2) is 0 Å². The van der Waals surface area contributed by atoms with Crippen molar-refractivity contribution in [3.8, 4) is 0 Å². The van der Waals surface area contributed by atoms with E-state index in [-0.39, 0.29) is 0 Å². The Balaban J connectivity index is 1.58. The molecule has 1 N–H and O–H groups in total. The van der Waals surface area contributed by atoms with Crippen LogP contribution in [-0.2, 0) is 4.74 Å². The van der Waals surface area contributed by atoms with Gasteiger partial charge < -0.3 is 15.0 Å². The van der Waals surface area contributed by atoms with E-state index < -0.39 is 0 Å². The van der Waals surface area contributed by atoms with Crippen LogP contribution in [0.15, 0.2) is 0 Å². The van der Waals surface area contributed by atoms with Crippen LogP contribution in [0.1, 0.15) is 46.0 Å². The molecule has 1 aliphatic carbocycles. The molecule has 1 heterocycles. The molecule has 0 aromatic rings. The number of nitrogens with one attached hydrogen (secondary N) is 1. The zero-order chi connectivity index (χ0) is 12.8. The molecule has 106 valence electrons. The summed E-state index contributed by atoms with van der Waals surface area (Å²) in [6.45, 7) is 11.3. The molecular formula is C15H30N2O. The predicted molar refractivity (Wildman–Crippen MR) is 75.9 cm³/mol. The van der Waals surface area contributed by atoms with E-state index in [2.05, 4.69) is 24.1 Å². The molecule has 0 spiro atoms. The summed E-state index contributed by atoms with van der Waals surface area (Å²) in [5.74, 6) is 0.932. The van der Waals surface area contributed by atoms with E-state index in [1.165, 1.54) is 51.7 Å². The van der Waals surface area contributed by atoms with Crippen molar-refractivity contribution < 1.29 is 4.74 Å². The van der Waals surface area contributed by atoms with Crippen LogP contribution < -0.4 is 5.32 Å². The molecule has 1 saturated heterocycles. The molecule has 2 aliphatic rings. The van der Waals surface area contributed by atoms with Gasteiger partial charge in [0, 0.05) is 44.9 Å². The molecule has 1 unspecified atom stereocenters. The van der Waals surface area contributed by atoms with Crippen LogP contribution in [0.5, 0.6) is 0 Å². The molecular weight excluding hydrogens is 224 g/mol. The minimum Gasteiger partial charge on any atom is -0.381 e. The fourth-order valence-electron chi connectivity index (χ4n) is 3.02. The molecule has 1 atom stereocenters. The van der Waals surface area contributed by atoms with Crippen molar-refractivity contribution in [3.63, 3.8) is 0 Å². The van der Waals surface area contributed by atoms with Crippen LogP contribution in [-0.4, -0.2) is 49.8 Å². The average Bonchev–Trinajstić information content (AvgIpc) is 3.18. The third-order valence-corrected chi connectivity index (χ3v) is 4.39. The molecule has 0 aromatic carbocycles. The fraction of sp³-hybridized carbons (Fsp3) is 1.00. The Morgan fingerprint density at radius 2 is 2.06 bits per heavy atom. The summed E-state index contributed by atoms with van der Waals surface area (Å²) < 4.78 is 5.63. The van der Waals surface area contributed by atoms with Gasteiger partial charge in [-0.25, -0.2) is 0 Å². The van der Waals surface area contributed by atoms with Crippen LogP contribution in [0.3, 0.4) is 0 Å². The Morgan fingerprint density at radius 1 is 1.28 bits per heavy atom. The van der Waals surface area contributed by atoms with E-state index in [0.717, 1.165) is 25.7 Å². The topological polar surface area (TPSA) is 24.5 Å². The van der Waals surface area contributed by atoms with Crippen molar-refractivity contribution in [1.82, 2.24) is 10.2 Å². The number of hydrogen-bond donors (Lipinski definition) is 1. The maximum atomic E-state index is 5.63. The van der Waals surface area contributed by atoms with Crippen LogP contribution in [0.25, 0.3) is 0 Å². The van der Waals surface area contributed by atoms with Crippen LogP contribution in [0.2, 0.25) is 0 Å². The molecule has 2 fully saturated rings. The lowest BCUT2D eigenvalue weighted by molar-refractivity contribution is 0.0939. The zero-order valence-corrected chi connectivity index (χ0v) is 12.2. The molecule has 3 nitrogen and oxygen atoms in total. The second kappa shape index (κ2) is 6.88. The van der Waals surface area contributed by atoms with E-state index in [4.69, 9.17) is 4.74 Å². The summed E-state index contributed by atoms with van der Waals surface area (Å²) in [6, 6.07) is 0. The lowest BCUT2D eigenvalue weighted by atomic mass is 9.93. The van der Waals surface area contributed by atoms with Gasteiger partial charge in [0.2, 0.25) is 0 Å². The molecule has 2 rings (SSSR count). The summed E-state index contributed by atoms with van der Waals surface area (Å²) in [7, 11) is 0. The number of nitrogens with zero attached hydrogens (tertiary/aromatic N) is 1. The first-order valence-electron chi connectivity index (χ1n) is 7.80.